The van der Waals surface area contributed by atoms with Crippen LogP contribution in [0.1, 0.15) is 43.4 Å². The van der Waals surface area contributed by atoms with Crippen molar-refractivity contribution >= 4 is 5.91 Å². The fourth-order valence-corrected chi connectivity index (χ4v) is 0.885. The molecule has 1 heterocycles. The van der Waals surface area contributed by atoms with Crippen molar-refractivity contribution in [3.05, 3.63) is 17.5 Å². The number of nitrogens with zero attached hydrogens (tertiary/aromatic N) is 1. The largest absolute Gasteiger partial charge is 0.364 e. The Balaban J connectivity index is 2.98. The second-order valence-electron chi connectivity index (χ2n) is 3.68. The maximum absolute atomic E-state index is 10.7. The highest BCUT2D eigenvalue weighted by Gasteiger charge is 2.24. The molecule has 0 unspecified atom stereocenters. The maximum Gasteiger partial charge on any atom is 0.270 e. The van der Waals surface area contributed by atoms with Crippen molar-refractivity contribution in [3.8, 4) is 0 Å². The predicted molar refractivity (Wildman–Crippen MR) is 48.3 cm³/mol. The normalized spacial score (nSPS) is 11.6. The number of rotatable bonds is 3. The van der Waals surface area contributed by atoms with Crippen LogP contribution in [-0.2, 0) is 5.41 Å². The summed E-state index contributed by atoms with van der Waals surface area (Å²) in [7, 11) is 0. The molecule has 0 fully saturated rings. The van der Waals surface area contributed by atoms with Crippen LogP contribution in [0, 0.1) is 0 Å². The van der Waals surface area contributed by atoms with Gasteiger partial charge in [-0.3, -0.25) is 4.79 Å². The minimum atomic E-state index is -0.554. The second kappa shape index (κ2) is 3.20. The lowest BCUT2D eigenvalue weighted by Gasteiger charge is -2.17. The first-order valence-electron chi connectivity index (χ1n) is 4.24. The van der Waals surface area contributed by atoms with Gasteiger partial charge in [0, 0.05) is 11.5 Å². The van der Waals surface area contributed by atoms with Gasteiger partial charge in [0.05, 0.1) is 0 Å². The van der Waals surface area contributed by atoms with Gasteiger partial charge in [-0.1, -0.05) is 25.9 Å². The van der Waals surface area contributed by atoms with Crippen LogP contribution in [0.2, 0.25) is 0 Å². The number of carbonyl (C=O) groups excluding carboxylic acids is 1. The average molecular weight is 182 g/mol. The number of primary amides is 1. The third-order valence-corrected chi connectivity index (χ3v) is 2.31. The van der Waals surface area contributed by atoms with Crippen molar-refractivity contribution in [1.29, 1.82) is 0 Å². The molecular weight excluding hydrogens is 168 g/mol. The quantitative estimate of drug-likeness (QED) is 0.769. The highest BCUT2D eigenvalue weighted by Crippen LogP contribution is 2.26. The summed E-state index contributed by atoms with van der Waals surface area (Å²) in [6.45, 7) is 6.10. The second-order valence-corrected chi connectivity index (χ2v) is 3.68. The smallest absolute Gasteiger partial charge is 0.270 e. The molecule has 0 saturated heterocycles. The molecule has 0 radical (unpaired) electrons. The number of amides is 1. The highest BCUT2D eigenvalue weighted by molar-refractivity contribution is 5.90. The van der Waals surface area contributed by atoms with Gasteiger partial charge in [0.1, 0.15) is 5.76 Å². The van der Waals surface area contributed by atoms with Crippen molar-refractivity contribution in [2.24, 2.45) is 5.73 Å². The first-order valence-corrected chi connectivity index (χ1v) is 4.24. The van der Waals surface area contributed by atoms with Crippen LogP contribution >= 0.6 is 0 Å². The molecule has 0 aliphatic rings. The Kier molecular flexibility index (Phi) is 2.40. The molecule has 0 aliphatic heterocycles. The van der Waals surface area contributed by atoms with Gasteiger partial charge in [0.2, 0.25) is 0 Å². The van der Waals surface area contributed by atoms with E-state index in [4.69, 9.17) is 10.3 Å². The molecule has 1 rings (SSSR count). The van der Waals surface area contributed by atoms with Crippen LogP contribution in [0.5, 0.6) is 0 Å². The zero-order valence-electron chi connectivity index (χ0n) is 8.13. The number of nitrogens with two attached hydrogens (primary N) is 1. The van der Waals surface area contributed by atoms with Gasteiger partial charge in [-0.05, 0) is 6.42 Å². The lowest BCUT2D eigenvalue weighted by atomic mass is 9.87. The molecule has 4 nitrogen and oxygen atoms in total. The summed E-state index contributed by atoms with van der Waals surface area (Å²) in [5, 5.41) is 3.58. The minimum Gasteiger partial charge on any atom is -0.364 e. The van der Waals surface area contributed by atoms with Crippen LogP contribution in [-0.4, -0.2) is 11.1 Å². The molecule has 1 amide bonds. The third-order valence-electron chi connectivity index (χ3n) is 2.31. The van der Waals surface area contributed by atoms with Gasteiger partial charge in [-0.2, -0.15) is 0 Å². The Morgan fingerprint density at radius 3 is 2.69 bits per heavy atom. The van der Waals surface area contributed by atoms with Gasteiger partial charge in [0.15, 0.2) is 5.69 Å². The van der Waals surface area contributed by atoms with Crippen molar-refractivity contribution in [3.63, 3.8) is 0 Å². The summed E-state index contributed by atoms with van der Waals surface area (Å²) < 4.78 is 5.03. The minimum absolute atomic E-state index is 0.0965. The molecule has 0 atom stereocenters. The van der Waals surface area contributed by atoms with Crippen LogP contribution in [0.25, 0.3) is 0 Å². The molecule has 4 heteroatoms. The summed E-state index contributed by atoms with van der Waals surface area (Å²) in [6, 6.07) is 1.60. The molecule has 0 spiro atoms. The molecule has 1 aromatic heterocycles. The molecule has 0 bridgehead atoms. The lowest BCUT2D eigenvalue weighted by Crippen LogP contribution is -2.14. The zero-order chi connectivity index (χ0) is 10.1. The summed E-state index contributed by atoms with van der Waals surface area (Å²) in [5.74, 6) is 0.144. The van der Waals surface area contributed by atoms with E-state index in [1.54, 1.807) is 6.07 Å². The van der Waals surface area contributed by atoms with Crippen molar-refractivity contribution < 1.29 is 9.32 Å². The van der Waals surface area contributed by atoms with Crippen LogP contribution in [0.4, 0.5) is 0 Å². The molecule has 0 aromatic carbocycles. The van der Waals surface area contributed by atoms with E-state index >= 15 is 0 Å². The first-order chi connectivity index (χ1) is 5.97. The number of hydrogen-bond donors (Lipinski definition) is 1. The molecular formula is C9H14N2O2. The zero-order valence-corrected chi connectivity index (χ0v) is 8.13. The van der Waals surface area contributed by atoms with E-state index in [0.29, 0.717) is 5.76 Å². The van der Waals surface area contributed by atoms with Crippen LogP contribution < -0.4 is 5.73 Å². The fourth-order valence-electron chi connectivity index (χ4n) is 0.885. The van der Waals surface area contributed by atoms with Gasteiger partial charge in [0.25, 0.3) is 5.91 Å². The molecule has 72 valence electrons. The highest BCUT2D eigenvalue weighted by atomic mass is 16.5. The molecule has 13 heavy (non-hydrogen) atoms. The van der Waals surface area contributed by atoms with E-state index in [-0.39, 0.29) is 11.1 Å². The molecule has 1 aromatic rings. The predicted octanol–water partition coefficient (Wildman–Crippen LogP) is 1.46. The van der Waals surface area contributed by atoms with Gasteiger partial charge in [-0.25, -0.2) is 0 Å². The number of aromatic nitrogens is 1. The van der Waals surface area contributed by atoms with Crippen LogP contribution in [0.15, 0.2) is 10.6 Å². The Morgan fingerprint density at radius 2 is 2.31 bits per heavy atom. The fraction of sp³-hybridized carbons (Fsp3) is 0.556. The Morgan fingerprint density at radius 1 is 1.69 bits per heavy atom. The average Bonchev–Trinajstić information content (AvgIpc) is 2.52. The van der Waals surface area contributed by atoms with E-state index in [9.17, 15) is 4.79 Å². The van der Waals surface area contributed by atoms with E-state index in [0.717, 1.165) is 6.42 Å². The van der Waals surface area contributed by atoms with Crippen molar-refractivity contribution in [2.75, 3.05) is 0 Å². The SMILES string of the molecule is CCC(C)(C)c1cc(C(N)=O)no1. The van der Waals surface area contributed by atoms with Crippen LogP contribution in [0.3, 0.4) is 0 Å². The van der Waals surface area contributed by atoms with E-state index in [2.05, 4.69) is 5.16 Å². The van der Waals surface area contributed by atoms with E-state index < -0.39 is 5.91 Å². The number of carbonyl (C=O) groups is 1. The molecule has 0 aliphatic carbocycles. The van der Waals surface area contributed by atoms with Crippen molar-refractivity contribution in [2.45, 2.75) is 32.6 Å². The first kappa shape index (κ1) is 9.77. The van der Waals surface area contributed by atoms with E-state index in [1.165, 1.54) is 0 Å². The standard InChI is InChI=1S/C9H14N2O2/c1-4-9(2,3)7-5-6(8(10)12)11-13-7/h5H,4H2,1-3H3,(H2,10,12). The van der Waals surface area contributed by atoms with Crippen molar-refractivity contribution in [1.82, 2.24) is 5.16 Å². The lowest BCUT2D eigenvalue weighted by molar-refractivity contribution is 0.0991. The summed E-state index contributed by atoms with van der Waals surface area (Å²) in [5.41, 5.74) is 5.15. The summed E-state index contributed by atoms with van der Waals surface area (Å²) in [6.07, 6.45) is 0.917. The number of hydrogen-bond acceptors (Lipinski definition) is 3. The van der Waals surface area contributed by atoms with Gasteiger partial charge < -0.3 is 10.3 Å². The van der Waals surface area contributed by atoms with Gasteiger partial charge >= 0.3 is 0 Å². The topological polar surface area (TPSA) is 69.1 Å². The van der Waals surface area contributed by atoms with E-state index in [1.807, 2.05) is 20.8 Å². The third kappa shape index (κ3) is 1.88. The monoisotopic (exact) mass is 182 g/mol. The Labute approximate surface area is 77.1 Å². The molecule has 0 saturated carbocycles. The summed E-state index contributed by atoms with van der Waals surface area (Å²) >= 11 is 0. The van der Waals surface area contributed by atoms with Gasteiger partial charge in [-0.15, -0.1) is 0 Å². The summed E-state index contributed by atoms with van der Waals surface area (Å²) in [4.78, 5) is 10.7. The Hall–Kier alpha value is -1.32. The Bertz CT molecular complexity index is 315. The molecule has 2 N–H and O–H groups in total. The maximum atomic E-state index is 10.7.